The van der Waals surface area contributed by atoms with Crippen LogP contribution in [0.25, 0.3) is 78.1 Å². The molecule has 0 fully saturated rings. The number of rotatable bonds is 6. The van der Waals surface area contributed by atoms with Gasteiger partial charge in [-0.3, -0.25) is 0 Å². The van der Waals surface area contributed by atoms with E-state index < -0.39 is 9.84 Å². The molecular weight excluding hydrogens is 655 g/mol. The van der Waals surface area contributed by atoms with Gasteiger partial charge >= 0.3 is 0 Å². The van der Waals surface area contributed by atoms with Gasteiger partial charge in [-0.1, -0.05) is 140 Å². The Kier molecular flexibility index (Phi) is 7.95. The minimum atomic E-state index is -3.53. The summed E-state index contributed by atoms with van der Waals surface area (Å²) in [6, 6.07) is 64.0. The van der Waals surface area contributed by atoms with Gasteiger partial charge in [-0.05, 0) is 104 Å². The van der Waals surface area contributed by atoms with Gasteiger partial charge in [0.05, 0.1) is 22.0 Å². The Morgan fingerprint density at radius 1 is 0.346 bits per heavy atom. The number of pyridine rings is 1. The number of sulfone groups is 1. The van der Waals surface area contributed by atoms with E-state index in [1.54, 1.807) is 6.07 Å². The summed E-state index contributed by atoms with van der Waals surface area (Å²) in [6.45, 7) is 0. The highest BCUT2D eigenvalue weighted by molar-refractivity contribution is 7.90. The molecule has 248 valence electrons. The predicted octanol–water partition coefficient (Wildman–Crippen LogP) is 12.0. The first-order chi connectivity index (χ1) is 25.5. The third kappa shape index (κ3) is 6.04. The monoisotopic (exact) mass is 687 g/mol. The van der Waals surface area contributed by atoms with E-state index >= 15 is 0 Å². The molecule has 2 heterocycles. The van der Waals surface area contributed by atoms with Gasteiger partial charge < -0.3 is 0 Å². The summed E-state index contributed by atoms with van der Waals surface area (Å²) in [5, 5.41) is 0. The minimum absolute atomic E-state index is 0.0279. The van der Waals surface area contributed by atoms with Crippen LogP contribution in [-0.4, -0.2) is 13.4 Å². The normalized spacial score (nSPS) is 12.8. The SMILES string of the molecule is O=S1(=O)Cc2ccc(-c3cc(-c4ccccc4)cc(-c4ccccc4)c3)cc2-c2cc(-c3cc(-c4ccccc4)nc(-c4ccccc4)c3)ccc21. The molecule has 0 amide bonds. The summed E-state index contributed by atoms with van der Waals surface area (Å²) in [5.74, 6) is -0.0279. The predicted molar refractivity (Wildman–Crippen MR) is 213 cm³/mol. The second-order valence-electron chi connectivity index (χ2n) is 13.2. The number of hydrogen-bond acceptors (Lipinski definition) is 3. The van der Waals surface area contributed by atoms with Crippen LogP contribution in [-0.2, 0) is 15.6 Å². The van der Waals surface area contributed by atoms with Gasteiger partial charge in [-0.2, -0.15) is 0 Å². The zero-order valence-electron chi connectivity index (χ0n) is 28.3. The number of fused-ring (bicyclic) bond motifs is 3. The van der Waals surface area contributed by atoms with Crippen molar-refractivity contribution in [2.75, 3.05) is 0 Å². The molecule has 9 rings (SSSR count). The Morgan fingerprint density at radius 3 is 1.25 bits per heavy atom. The van der Waals surface area contributed by atoms with E-state index in [0.29, 0.717) is 4.90 Å². The lowest BCUT2D eigenvalue weighted by Crippen LogP contribution is -2.13. The highest BCUT2D eigenvalue weighted by Crippen LogP contribution is 2.43. The van der Waals surface area contributed by atoms with Crippen molar-refractivity contribution in [3.63, 3.8) is 0 Å². The first-order valence-electron chi connectivity index (χ1n) is 17.4. The van der Waals surface area contributed by atoms with Crippen molar-refractivity contribution in [2.45, 2.75) is 10.6 Å². The molecule has 52 heavy (non-hydrogen) atoms. The molecule has 3 nitrogen and oxygen atoms in total. The first kappa shape index (κ1) is 31.6. The number of benzene rings is 7. The van der Waals surface area contributed by atoms with Crippen LogP contribution in [0.3, 0.4) is 0 Å². The zero-order chi connectivity index (χ0) is 35.1. The van der Waals surface area contributed by atoms with Gasteiger partial charge in [0, 0.05) is 16.7 Å². The fourth-order valence-electron chi connectivity index (χ4n) is 7.21. The maximum absolute atomic E-state index is 13.7. The van der Waals surface area contributed by atoms with Crippen LogP contribution in [0.2, 0.25) is 0 Å². The Labute approximate surface area is 304 Å². The van der Waals surface area contributed by atoms with Crippen LogP contribution >= 0.6 is 0 Å². The van der Waals surface area contributed by atoms with E-state index in [-0.39, 0.29) is 5.75 Å². The van der Waals surface area contributed by atoms with Gasteiger partial charge in [0.1, 0.15) is 0 Å². The van der Waals surface area contributed by atoms with E-state index in [2.05, 4.69) is 115 Å². The van der Waals surface area contributed by atoms with Gasteiger partial charge in [-0.15, -0.1) is 0 Å². The molecule has 0 saturated carbocycles. The molecule has 0 saturated heterocycles. The van der Waals surface area contributed by atoms with Crippen molar-refractivity contribution in [3.05, 3.63) is 194 Å². The fourth-order valence-corrected chi connectivity index (χ4v) is 8.80. The molecular formula is C48H33NO2S. The van der Waals surface area contributed by atoms with Crippen molar-refractivity contribution in [3.8, 4) is 78.1 Å². The number of aromatic nitrogens is 1. The van der Waals surface area contributed by atoms with E-state index in [4.69, 9.17) is 4.98 Å². The lowest BCUT2D eigenvalue weighted by Gasteiger charge is -2.22. The molecule has 7 aromatic carbocycles. The molecule has 0 bridgehead atoms. The molecule has 1 aliphatic heterocycles. The Hall–Kier alpha value is -6.36. The molecule has 0 atom stereocenters. The third-order valence-electron chi connectivity index (χ3n) is 9.84. The molecule has 1 aromatic heterocycles. The van der Waals surface area contributed by atoms with Crippen molar-refractivity contribution in [1.82, 2.24) is 4.98 Å². The zero-order valence-corrected chi connectivity index (χ0v) is 29.1. The van der Waals surface area contributed by atoms with Crippen LogP contribution in [0.5, 0.6) is 0 Å². The van der Waals surface area contributed by atoms with Crippen LogP contribution in [0.1, 0.15) is 5.56 Å². The topological polar surface area (TPSA) is 47.0 Å². The van der Waals surface area contributed by atoms with Crippen molar-refractivity contribution in [1.29, 1.82) is 0 Å². The number of hydrogen-bond donors (Lipinski definition) is 0. The van der Waals surface area contributed by atoms with E-state index in [1.165, 1.54) is 0 Å². The molecule has 0 radical (unpaired) electrons. The lowest BCUT2D eigenvalue weighted by atomic mass is 9.90. The van der Waals surface area contributed by atoms with Gasteiger partial charge in [0.2, 0.25) is 0 Å². The third-order valence-corrected chi connectivity index (χ3v) is 11.6. The van der Waals surface area contributed by atoms with E-state index in [1.807, 2.05) is 66.7 Å². The molecule has 1 aliphatic rings. The van der Waals surface area contributed by atoms with Gasteiger partial charge in [-0.25, -0.2) is 13.4 Å². The van der Waals surface area contributed by atoms with Crippen LogP contribution in [0.15, 0.2) is 193 Å². The molecule has 0 N–H and O–H groups in total. The van der Waals surface area contributed by atoms with E-state index in [9.17, 15) is 8.42 Å². The molecule has 0 spiro atoms. The smallest absolute Gasteiger partial charge is 0.183 e. The average molecular weight is 688 g/mol. The van der Waals surface area contributed by atoms with Gasteiger partial charge in [0.15, 0.2) is 9.84 Å². The molecule has 4 heteroatoms. The Bertz CT molecular complexity index is 2580. The van der Waals surface area contributed by atoms with Gasteiger partial charge in [0.25, 0.3) is 0 Å². The van der Waals surface area contributed by atoms with Crippen molar-refractivity contribution in [2.24, 2.45) is 0 Å². The Morgan fingerprint density at radius 2 is 0.750 bits per heavy atom. The maximum Gasteiger partial charge on any atom is 0.183 e. The van der Waals surface area contributed by atoms with Crippen LogP contribution in [0, 0.1) is 0 Å². The first-order valence-corrected chi connectivity index (χ1v) is 19.0. The van der Waals surface area contributed by atoms with Crippen molar-refractivity contribution < 1.29 is 8.42 Å². The van der Waals surface area contributed by atoms with Crippen molar-refractivity contribution >= 4 is 9.84 Å². The second-order valence-corrected chi connectivity index (χ2v) is 15.2. The summed E-state index contributed by atoms with van der Waals surface area (Å²) in [7, 11) is -3.53. The average Bonchev–Trinajstić information content (AvgIpc) is 3.21. The number of nitrogens with zero attached hydrogens (tertiary/aromatic N) is 1. The minimum Gasteiger partial charge on any atom is -0.248 e. The van der Waals surface area contributed by atoms with Crippen LogP contribution in [0.4, 0.5) is 0 Å². The largest absolute Gasteiger partial charge is 0.248 e. The molecule has 0 unspecified atom stereocenters. The summed E-state index contributed by atoms with van der Waals surface area (Å²) >= 11 is 0. The maximum atomic E-state index is 13.7. The summed E-state index contributed by atoms with van der Waals surface area (Å²) in [5.41, 5.74) is 14.8. The summed E-state index contributed by atoms with van der Waals surface area (Å²) in [6.07, 6.45) is 0. The van der Waals surface area contributed by atoms with E-state index in [0.717, 1.165) is 83.7 Å². The highest BCUT2D eigenvalue weighted by Gasteiger charge is 2.29. The Balaban J connectivity index is 1.20. The highest BCUT2D eigenvalue weighted by atomic mass is 32.2. The standard InChI is InChI=1S/C48H33NO2S/c50-52(51)32-39-22-21-37(42-26-40(33-13-5-1-6-14-33)25-41(27-42)34-15-7-2-8-16-34)28-44(39)45-29-38(23-24-48(45)52)43-30-46(35-17-9-3-10-18-35)49-47(31-43)36-19-11-4-12-20-36/h1-31H,32H2. The second kappa shape index (κ2) is 13.1. The quantitative estimate of drug-likeness (QED) is 0.175. The summed E-state index contributed by atoms with van der Waals surface area (Å²) in [4.78, 5) is 5.42. The van der Waals surface area contributed by atoms with Crippen LogP contribution < -0.4 is 0 Å². The molecule has 0 aliphatic carbocycles. The molecule has 8 aromatic rings. The fraction of sp³-hybridized carbons (Fsp3) is 0.0208. The summed E-state index contributed by atoms with van der Waals surface area (Å²) < 4.78 is 27.4. The lowest BCUT2D eigenvalue weighted by molar-refractivity contribution is 0.594.